The average Bonchev–Trinajstić information content (AvgIpc) is 3.74. The summed E-state index contributed by atoms with van der Waals surface area (Å²) in [5.41, 5.74) is 0.753. The van der Waals surface area contributed by atoms with Crippen molar-refractivity contribution in [2.24, 2.45) is 5.92 Å². The van der Waals surface area contributed by atoms with Crippen molar-refractivity contribution in [2.75, 3.05) is 33.4 Å². The van der Waals surface area contributed by atoms with Crippen LogP contribution in [0.2, 0.25) is 0 Å². The second-order valence-corrected chi connectivity index (χ2v) is 12.3. The van der Waals surface area contributed by atoms with Crippen LogP contribution in [0.4, 0.5) is 0 Å². The molecule has 2 aromatic carbocycles. The number of nitrogens with zero attached hydrogens (tertiary/aromatic N) is 1. The first kappa shape index (κ1) is 33.3. The highest BCUT2D eigenvalue weighted by atomic mass is 16.6. The third kappa shape index (κ3) is 9.45. The van der Waals surface area contributed by atoms with Gasteiger partial charge >= 0.3 is 0 Å². The number of hydrogen-bond acceptors (Lipinski definition) is 8. The lowest BCUT2D eigenvalue weighted by Crippen LogP contribution is -2.55. The number of ketones is 2. The molecule has 2 aliphatic heterocycles. The normalized spacial score (nSPS) is 23.6. The van der Waals surface area contributed by atoms with Crippen LogP contribution >= 0.6 is 0 Å². The second-order valence-electron chi connectivity index (χ2n) is 12.3. The van der Waals surface area contributed by atoms with E-state index in [1.165, 1.54) is 0 Å². The SMILES string of the molecule is COc1ccc(C[C@H](NC(=O)C(C)CC(=O)CN2CC(C)O[C@H](C)C2)C(=O)NC(Cc2ccccc2)C(=O)C2(C)CO2)cc1. The van der Waals surface area contributed by atoms with Gasteiger partial charge in [0.1, 0.15) is 23.2 Å². The molecule has 0 bridgehead atoms. The van der Waals surface area contributed by atoms with Crippen molar-refractivity contribution >= 4 is 23.4 Å². The number of carbonyl (C=O) groups excluding carboxylic acids is 4. The highest BCUT2D eigenvalue weighted by molar-refractivity contribution is 5.98. The van der Waals surface area contributed by atoms with Gasteiger partial charge in [0.15, 0.2) is 5.78 Å². The van der Waals surface area contributed by atoms with Gasteiger partial charge in [-0.3, -0.25) is 24.1 Å². The molecule has 2 amide bonds. The Morgan fingerprint density at radius 2 is 1.48 bits per heavy atom. The van der Waals surface area contributed by atoms with E-state index < -0.39 is 35.4 Å². The maximum atomic E-state index is 13.8. The number of epoxide rings is 1. The summed E-state index contributed by atoms with van der Waals surface area (Å²) in [4.78, 5) is 55.5. The van der Waals surface area contributed by atoms with Crippen LogP contribution in [0.25, 0.3) is 0 Å². The molecule has 0 saturated carbocycles. The molecule has 10 nitrogen and oxygen atoms in total. The molecule has 2 aromatic rings. The molecule has 2 saturated heterocycles. The predicted molar refractivity (Wildman–Crippen MR) is 165 cm³/mol. The molecular weight excluding hydrogens is 562 g/mol. The van der Waals surface area contributed by atoms with Gasteiger partial charge < -0.3 is 24.8 Å². The summed E-state index contributed by atoms with van der Waals surface area (Å²) in [5.74, 6) is -1.13. The molecule has 2 fully saturated rings. The zero-order chi connectivity index (χ0) is 31.9. The van der Waals surface area contributed by atoms with E-state index in [0.717, 1.165) is 11.1 Å². The second kappa shape index (κ2) is 14.9. The number of ether oxygens (including phenoxy) is 3. The fourth-order valence-electron chi connectivity index (χ4n) is 5.63. The molecule has 10 heteroatoms. The number of methoxy groups -OCH3 is 1. The molecule has 0 aromatic heterocycles. The van der Waals surface area contributed by atoms with E-state index >= 15 is 0 Å². The largest absolute Gasteiger partial charge is 0.497 e. The van der Waals surface area contributed by atoms with Gasteiger partial charge in [-0.05, 0) is 50.5 Å². The van der Waals surface area contributed by atoms with Gasteiger partial charge in [0.25, 0.3) is 0 Å². The maximum absolute atomic E-state index is 13.8. The Balaban J connectivity index is 1.45. The molecule has 0 aliphatic carbocycles. The van der Waals surface area contributed by atoms with Crippen molar-refractivity contribution in [1.82, 2.24) is 15.5 Å². The summed E-state index contributed by atoms with van der Waals surface area (Å²) in [6, 6.07) is 14.8. The Morgan fingerprint density at radius 1 is 0.909 bits per heavy atom. The van der Waals surface area contributed by atoms with Crippen molar-refractivity contribution in [3.63, 3.8) is 0 Å². The zero-order valence-corrected chi connectivity index (χ0v) is 26.3. The molecule has 2 heterocycles. The van der Waals surface area contributed by atoms with E-state index in [4.69, 9.17) is 14.2 Å². The van der Waals surface area contributed by atoms with Crippen LogP contribution in [-0.2, 0) is 41.5 Å². The lowest BCUT2D eigenvalue weighted by Gasteiger charge is -2.34. The van der Waals surface area contributed by atoms with Crippen molar-refractivity contribution in [1.29, 1.82) is 0 Å². The van der Waals surface area contributed by atoms with E-state index in [2.05, 4.69) is 15.5 Å². The minimum atomic E-state index is -0.978. The van der Waals surface area contributed by atoms with E-state index in [1.807, 2.05) is 56.3 Å². The lowest BCUT2D eigenvalue weighted by molar-refractivity contribution is -0.135. The van der Waals surface area contributed by atoms with Crippen LogP contribution < -0.4 is 15.4 Å². The number of benzene rings is 2. The summed E-state index contributed by atoms with van der Waals surface area (Å²) in [6.07, 6.45) is 0.601. The quantitative estimate of drug-likeness (QED) is 0.296. The minimum absolute atomic E-state index is 0.0381. The molecule has 238 valence electrons. The van der Waals surface area contributed by atoms with E-state index in [1.54, 1.807) is 33.1 Å². The molecule has 2 aliphatic rings. The minimum Gasteiger partial charge on any atom is -0.497 e. The molecule has 6 atom stereocenters. The van der Waals surface area contributed by atoms with Gasteiger partial charge in [0, 0.05) is 31.8 Å². The maximum Gasteiger partial charge on any atom is 0.243 e. The predicted octanol–water partition coefficient (Wildman–Crippen LogP) is 2.51. The van der Waals surface area contributed by atoms with Crippen LogP contribution in [-0.4, -0.2) is 91.5 Å². The molecule has 44 heavy (non-hydrogen) atoms. The fraction of sp³-hybridized carbons (Fsp3) is 0.529. The van der Waals surface area contributed by atoms with Crippen LogP contribution in [0.1, 0.15) is 45.2 Å². The van der Waals surface area contributed by atoms with Gasteiger partial charge in [0.2, 0.25) is 11.8 Å². The first-order valence-electron chi connectivity index (χ1n) is 15.3. The van der Waals surface area contributed by atoms with Crippen LogP contribution in [0.3, 0.4) is 0 Å². The first-order chi connectivity index (χ1) is 21.0. The van der Waals surface area contributed by atoms with E-state index in [-0.39, 0.29) is 49.6 Å². The lowest BCUT2D eigenvalue weighted by atomic mass is 9.94. The van der Waals surface area contributed by atoms with Crippen molar-refractivity contribution in [2.45, 2.75) is 76.9 Å². The third-order valence-corrected chi connectivity index (χ3v) is 8.12. The summed E-state index contributed by atoms with van der Waals surface area (Å²) >= 11 is 0. The summed E-state index contributed by atoms with van der Waals surface area (Å²) < 4.78 is 16.4. The summed E-state index contributed by atoms with van der Waals surface area (Å²) in [7, 11) is 1.57. The number of rotatable bonds is 15. The third-order valence-electron chi connectivity index (χ3n) is 8.12. The molecule has 2 N–H and O–H groups in total. The van der Waals surface area contributed by atoms with Gasteiger partial charge in [0.05, 0.1) is 38.5 Å². The van der Waals surface area contributed by atoms with E-state index in [9.17, 15) is 19.2 Å². The Hall–Kier alpha value is -3.60. The molecular formula is C34H45N3O7. The van der Waals surface area contributed by atoms with Crippen LogP contribution in [0.15, 0.2) is 54.6 Å². The van der Waals surface area contributed by atoms with Crippen LogP contribution in [0.5, 0.6) is 5.75 Å². The Bertz CT molecular complexity index is 1290. The Morgan fingerprint density at radius 3 is 2.07 bits per heavy atom. The van der Waals surface area contributed by atoms with Crippen molar-refractivity contribution in [3.8, 4) is 5.75 Å². The summed E-state index contributed by atoms with van der Waals surface area (Å²) in [6.45, 7) is 9.23. The number of carbonyl (C=O) groups is 4. The van der Waals surface area contributed by atoms with Crippen LogP contribution in [0, 0.1) is 5.92 Å². The van der Waals surface area contributed by atoms with Crippen molar-refractivity contribution in [3.05, 3.63) is 65.7 Å². The Kier molecular flexibility index (Phi) is 11.3. The summed E-state index contributed by atoms with van der Waals surface area (Å²) in [5, 5.41) is 5.78. The Labute approximate surface area is 259 Å². The smallest absolute Gasteiger partial charge is 0.243 e. The number of Topliss-reactive ketones (excluding diaryl/α,β-unsaturated/α-hetero) is 2. The first-order valence-corrected chi connectivity index (χ1v) is 15.3. The topological polar surface area (TPSA) is 127 Å². The van der Waals surface area contributed by atoms with Crippen molar-refractivity contribution < 1.29 is 33.4 Å². The van der Waals surface area contributed by atoms with Gasteiger partial charge in [-0.2, -0.15) is 0 Å². The molecule has 0 radical (unpaired) electrons. The number of amides is 2. The average molecular weight is 608 g/mol. The van der Waals surface area contributed by atoms with Gasteiger partial charge in [-0.15, -0.1) is 0 Å². The monoisotopic (exact) mass is 607 g/mol. The van der Waals surface area contributed by atoms with E-state index in [0.29, 0.717) is 25.4 Å². The standard InChI is InChI=1S/C34H45N3O7/c1-22(15-27(38)20-37-18-23(2)44-24(3)19-37)32(40)36-30(17-26-11-13-28(42-5)14-12-26)33(41)35-29(31(39)34(4)21-43-34)16-25-9-7-6-8-10-25/h6-14,22-24,29-30H,15-21H2,1-5H3,(H,35,41)(H,36,40)/t22?,23-,24?,29?,30+,34?/m1/s1. The van der Waals surface area contributed by atoms with Gasteiger partial charge in [-0.1, -0.05) is 49.4 Å². The number of morpholine rings is 1. The number of hydrogen-bond donors (Lipinski definition) is 2. The zero-order valence-electron chi connectivity index (χ0n) is 26.3. The molecule has 4 unspecified atom stereocenters. The highest BCUT2D eigenvalue weighted by Crippen LogP contribution is 2.29. The molecule has 4 rings (SSSR count). The highest BCUT2D eigenvalue weighted by Gasteiger charge is 2.50. The number of nitrogens with one attached hydrogen (secondary N) is 2. The molecule has 0 spiro atoms. The van der Waals surface area contributed by atoms with Gasteiger partial charge in [-0.25, -0.2) is 0 Å². The fourth-order valence-corrected chi connectivity index (χ4v) is 5.63.